The summed E-state index contributed by atoms with van der Waals surface area (Å²) in [6.45, 7) is -0.000755. The Morgan fingerprint density at radius 1 is 1.27 bits per heavy atom. The highest BCUT2D eigenvalue weighted by molar-refractivity contribution is 14.1. The monoisotopic (exact) mass is 569 g/mol. The first-order chi connectivity index (χ1) is 15.4. The van der Waals surface area contributed by atoms with E-state index in [-0.39, 0.29) is 36.3 Å². The summed E-state index contributed by atoms with van der Waals surface area (Å²) in [4.78, 5) is 40.1. The van der Waals surface area contributed by atoms with E-state index in [2.05, 4.69) is 22.6 Å². The number of rotatable bonds is 3. The Bertz CT molecular complexity index is 1190. The molecular formula is C22H24IN3O7. The number of hydrogen-bond donors (Lipinski definition) is 6. The Morgan fingerprint density at radius 2 is 1.91 bits per heavy atom. The van der Waals surface area contributed by atoms with Gasteiger partial charge in [-0.25, -0.2) is 0 Å². The molecule has 0 aromatic heterocycles. The fraction of sp³-hybridized carbons (Fsp3) is 0.409. The topological polar surface area (TPSA) is 187 Å². The van der Waals surface area contributed by atoms with E-state index in [1.807, 2.05) is 0 Å². The van der Waals surface area contributed by atoms with Crippen molar-refractivity contribution in [3.63, 3.8) is 0 Å². The molecule has 8 N–H and O–H groups in total. The lowest BCUT2D eigenvalue weighted by Crippen LogP contribution is -2.65. The van der Waals surface area contributed by atoms with Crippen LogP contribution in [0.4, 0.5) is 0 Å². The van der Waals surface area contributed by atoms with Gasteiger partial charge in [-0.2, -0.15) is 0 Å². The Labute approximate surface area is 202 Å². The maximum Gasteiger partial charge on any atom is 0.255 e. The highest BCUT2D eigenvalue weighted by atomic mass is 127. The third-order valence-electron chi connectivity index (χ3n) is 6.97. The maximum atomic E-state index is 13.7. The number of ketones is 2. The lowest BCUT2D eigenvalue weighted by molar-refractivity contribution is -0.153. The molecule has 0 spiro atoms. The number of carbonyl (C=O) groups excluding carboxylic acids is 3. The van der Waals surface area contributed by atoms with Crippen molar-refractivity contribution >= 4 is 45.8 Å². The average Bonchev–Trinajstić information content (AvgIpc) is 2.72. The fourth-order valence-corrected chi connectivity index (χ4v) is 6.34. The molecule has 0 heterocycles. The Balaban J connectivity index is 2.00. The molecule has 1 amide bonds. The van der Waals surface area contributed by atoms with Gasteiger partial charge in [0.05, 0.1) is 11.6 Å². The number of halogens is 1. The summed E-state index contributed by atoms with van der Waals surface area (Å²) >= 11 is 2.06. The predicted octanol–water partition coefficient (Wildman–Crippen LogP) is 0.0273. The molecule has 3 aliphatic carbocycles. The van der Waals surface area contributed by atoms with Crippen molar-refractivity contribution in [3.8, 4) is 5.75 Å². The van der Waals surface area contributed by atoms with Crippen LogP contribution in [0.5, 0.6) is 5.75 Å². The minimum absolute atomic E-state index is 0.000755. The zero-order chi connectivity index (χ0) is 24.6. The molecule has 0 saturated heterocycles. The van der Waals surface area contributed by atoms with Crippen LogP contribution in [0.15, 0.2) is 23.0 Å². The molecule has 1 aromatic rings. The zero-order valence-electron chi connectivity index (χ0n) is 17.9. The molecule has 33 heavy (non-hydrogen) atoms. The number of aromatic hydroxyl groups is 1. The van der Waals surface area contributed by atoms with Gasteiger partial charge in [-0.15, -0.1) is 0 Å². The number of primary amides is 1. The summed E-state index contributed by atoms with van der Waals surface area (Å²) in [5.41, 5.74) is 8.40. The fourth-order valence-electron chi connectivity index (χ4n) is 5.47. The number of benzene rings is 1. The molecule has 3 aliphatic rings. The van der Waals surface area contributed by atoms with Crippen LogP contribution in [0, 0.1) is 15.4 Å². The number of hydrogen-bond acceptors (Lipinski definition) is 9. The van der Waals surface area contributed by atoms with E-state index in [1.54, 1.807) is 20.2 Å². The second-order valence-corrected chi connectivity index (χ2v) is 10.0. The molecule has 176 valence electrons. The first-order valence-electron chi connectivity index (χ1n) is 10.3. The molecule has 1 aromatic carbocycles. The highest BCUT2D eigenvalue weighted by Gasteiger charge is 2.64. The average molecular weight is 569 g/mol. The third kappa shape index (κ3) is 3.06. The second kappa shape index (κ2) is 7.79. The summed E-state index contributed by atoms with van der Waals surface area (Å²) in [6.07, 6.45) is 0.312. The van der Waals surface area contributed by atoms with Crippen molar-refractivity contribution in [1.29, 1.82) is 0 Å². The molecule has 4 atom stereocenters. The number of aliphatic hydroxyl groups is 3. The van der Waals surface area contributed by atoms with E-state index >= 15 is 0 Å². The number of Topliss-reactive ketones (excluding diaryl/α,β-unsaturated/α-hetero) is 2. The predicted molar refractivity (Wildman–Crippen MR) is 125 cm³/mol. The van der Waals surface area contributed by atoms with Gasteiger partial charge in [0.25, 0.3) is 5.91 Å². The third-order valence-corrected chi connectivity index (χ3v) is 7.93. The Hall–Kier alpha value is -2.48. The molecule has 1 fully saturated rings. The molecule has 0 aliphatic heterocycles. The van der Waals surface area contributed by atoms with Gasteiger partial charge in [0, 0.05) is 27.2 Å². The van der Waals surface area contributed by atoms with Crippen LogP contribution in [0.2, 0.25) is 0 Å². The summed E-state index contributed by atoms with van der Waals surface area (Å²) in [5.74, 6) is -6.64. The minimum atomic E-state index is -2.64. The zero-order valence-corrected chi connectivity index (χ0v) is 20.1. The van der Waals surface area contributed by atoms with Crippen LogP contribution < -0.4 is 11.5 Å². The normalized spacial score (nSPS) is 29.2. The smallest absolute Gasteiger partial charge is 0.255 e. The SMILES string of the molecule is CN(C)[C@@H]1C(=O)C(C(N)=O)=C(O)[C@@]2(O)C(=O)C3=C(O)c4c(O)c(CN)cc(I)c4C[C@H]3C[C@@H]12. The van der Waals surface area contributed by atoms with Gasteiger partial charge < -0.3 is 31.9 Å². The van der Waals surface area contributed by atoms with Gasteiger partial charge in [0.2, 0.25) is 5.78 Å². The van der Waals surface area contributed by atoms with Crippen molar-refractivity contribution in [1.82, 2.24) is 4.90 Å². The number of nitrogens with two attached hydrogens (primary N) is 2. The van der Waals surface area contributed by atoms with Crippen LogP contribution in [0.1, 0.15) is 23.1 Å². The number of fused-ring (bicyclic) bond motifs is 3. The molecule has 10 nitrogen and oxygen atoms in total. The van der Waals surface area contributed by atoms with Crippen molar-refractivity contribution in [2.75, 3.05) is 14.1 Å². The summed E-state index contributed by atoms with van der Waals surface area (Å²) in [6, 6.07) is 0.601. The van der Waals surface area contributed by atoms with Gasteiger partial charge in [-0.1, -0.05) is 0 Å². The van der Waals surface area contributed by atoms with E-state index in [1.165, 1.54) is 4.90 Å². The number of amides is 1. The summed E-state index contributed by atoms with van der Waals surface area (Å²) in [7, 11) is 3.12. The molecule has 4 rings (SSSR count). The maximum absolute atomic E-state index is 13.7. The number of aliphatic hydroxyl groups excluding tert-OH is 2. The van der Waals surface area contributed by atoms with Crippen LogP contribution in [-0.4, -0.2) is 68.5 Å². The van der Waals surface area contributed by atoms with E-state index in [4.69, 9.17) is 11.5 Å². The van der Waals surface area contributed by atoms with Gasteiger partial charge in [0.1, 0.15) is 22.8 Å². The number of likely N-dealkylation sites (N-methyl/N-ethyl adjacent to an activating group) is 1. The van der Waals surface area contributed by atoms with Crippen molar-refractivity contribution < 1.29 is 34.8 Å². The van der Waals surface area contributed by atoms with E-state index in [9.17, 15) is 34.8 Å². The molecule has 11 heteroatoms. The number of phenolic OH excluding ortho intramolecular Hbond substituents is 1. The standard InChI is InChI=1S/C22H24IN3O7/c1-26(2)15-10-4-7-3-9-11(23)5-8(6-24)16(27)13(9)17(28)12(7)19(30)22(10,33)20(31)14(18(15)29)21(25)32/h5,7,10,15,27-28,31,33H,3-4,6,24H2,1-2H3,(H2,25,32)/t7-,10-,15-,22-/m0/s1. The van der Waals surface area contributed by atoms with E-state index in [0.29, 0.717) is 11.1 Å². The van der Waals surface area contributed by atoms with Crippen LogP contribution in [-0.2, 0) is 27.3 Å². The first-order valence-corrected chi connectivity index (χ1v) is 11.3. The molecular weight excluding hydrogens is 545 g/mol. The molecule has 1 saturated carbocycles. The number of nitrogens with zero attached hydrogens (tertiary/aromatic N) is 1. The second-order valence-electron chi connectivity index (χ2n) is 8.89. The van der Waals surface area contributed by atoms with E-state index in [0.717, 1.165) is 3.57 Å². The lowest BCUT2D eigenvalue weighted by atomic mass is 9.57. The van der Waals surface area contributed by atoms with Crippen LogP contribution in [0.3, 0.4) is 0 Å². The number of carbonyl (C=O) groups is 3. The van der Waals surface area contributed by atoms with Crippen molar-refractivity contribution in [2.24, 2.45) is 23.3 Å². The highest BCUT2D eigenvalue weighted by Crippen LogP contribution is 2.53. The summed E-state index contributed by atoms with van der Waals surface area (Å²) < 4.78 is 0.738. The van der Waals surface area contributed by atoms with Gasteiger partial charge in [0.15, 0.2) is 11.4 Å². The Kier molecular flexibility index (Phi) is 5.59. The van der Waals surface area contributed by atoms with Gasteiger partial charge in [-0.05, 0) is 67.1 Å². The van der Waals surface area contributed by atoms with Crippen molar-refractivity contribution in [3.05, 3.63) is 43.2 Å². The Morgan fingerprint density at radius 3 is 2.45 bits per heavy atom. The lowest BCUT2D eigenvalue weighted by Gasteiger charge is -2.50. The molecule has 0 bridgehead atoms. The van der Waals surface area contributed by atoms with Gasteiger partial charge in [-0.3, -0.25) is 19.3 Å². The van der Waals surface area contributed by atoms with Crippen LogP contribution >= 0.6 is 22.6 Å². The largest absolute Gasteiger partial charge is 0.508 e. The number of phenols is 1. The van der Waals surface area contributed by atoms with Crippen molar-refractivity contribution in [2.45, 2.75) is 31.0 Å². The molecule has 0 radical (unpaired) electrons. The van der Waals surface area contributed by atoms with E-state index < -0.39 is 58.0 Å². The summed E-state index contributed by atoms with van der Waals surface area (Å²) in [5, 5.41) is 44.1. The first kappa shape index (κ1) is 23.7. The molecule has 0 unspecified atom stereocenters. The minimum Gasteiger partial charge on any atom is -0.508 e. The quantitative estimate of drug-likeness (QED) is 0.216. The van der Waals surface area contributed by atoms with Crippen LogP contribution in [0.25, 0.3) is 5.76 Å². The van der Waals surface area contributed by atoms with Gasteiger partial charge >= 0.3 is 0 Å².